The molecule has 0 fully saturated rings. The van der Waals surface area contributed by atoms with E-state index in [9.17, 15) is 19.8 Å². The number of rotatable bonds is 7. The number of benzene rings is 2. The number of halogens is 2. The van der Waals surface area contributed by atoms with Crippen molar-refractivity contribution in [3.63, 3.8) is 0 Å². The summed E-state index contributed by atoms with van der Waals surface area (Å²) in [5, 5.41) is 31.5. The summed E-state index contributed by atoms with van der Waals surface area (Å²) in [4.78, 5) is 26.0. The quantitative estimate of drug-likeness (QED) is 0.388. The van der Waals surface area contributed by atoms with Crippen LogP contribution in [0.3, 0.4) is 0 Å². The summed E-state index contributed by atoms with van der Waals surface area (Å²) in [7, 11) is 0. The van der Waals surface area contributed by atoms with Crippen molar-refractivity contribution in [2.24, 2.45) is 0 Å². The van der Waals surface area contributed by atoms with Crippen molar-refractivity contribution >= 4 is 57.4 Å². The van der Waals surface area contributed by atoms with Crippen LogP contribution in [0.5, 0.6) is 0 Å². The standard InChI is InChI=1S/C19H17ClIN3O4/c20-9-10-24(15-7-3-13(21)4-8-15)19(28)17(26)16(25)18(27)23-14-5-1-12(11-22)2-6-14/h1-8,16-17,25-26H,9-10H2,(H,23,27)/t16-,17-/m1/s1. The number of alkyl halides is 1. The van der Waals surface area contributed by atoms with Crippen molar-refractivity contribution < 1.29 is 19.8 Å². The SMILES string of the molecule is N#Cc1ccc(NC(=O)[C@H](O)[C@@H](O)C(=O)N(CCCl)c2ccc(I)cc2)cc1. The molecular formula is C19H17ClIN3O4. The summed E-state index contributed by atoms with van der Waals surface area (Å²) in [6, 6.07) is 14.8. The molecule has 146 valence electrons. The molecule has 2 aromatic rings. The van der Waals surface area contributed by atoms with Gasteiger partial charge in [-0.25, -0.2) is 0 Å². The monoisotopic (exact) mass is 513 g/mol. The Morgan fingerprint density at radius 3 is 2.25 bits per heavy atom. The number of carbonyl (C=O) groups is 2. The van der Waals surface area contributed by atoms with Gasteiger partial charge in [-0.15, -0.1) is 11.6 Å². The van der Waals surface area contributed by atoms with Crippen molar-refractivity contribution in [3.05, 3.63) is 57.7 Å². The van der Waals surface area contributed by atoms with Gasteiger partial charge in [0.05, 0.1) is 11.6 Å². The number of aliphatic hydroxyl groups is 2. The molecular weight excluding hydrogens is 497 g/mol. The van der Waals surface area contributed by atoms with Crippen molar-refractivity contribution in [3.8, 4) is 6.07 Å². The molecule has 0 saturated carbocycles. The zero-order chi connectivity index (χ0) is 20.7. The molecule has 0 aliphatic carbocycles. The highest BCUT2D eigenvalue weighted by Crippen LogP contribution is 2.19. The van der Waals surface area contributed by atoms with Crippen molar-refractivity contribution in [1.29, 1.82) is 5.26 Å². The third kappa shape index (κ3) is 5.65. The van der Waals surface area contributed by atoms with Crippen molar-refractivity contribution in [1.82, 2.24) is 0 Å². The van der Waals surface area contributed by atoms with E-state index in [4.69, 9.17) is 16.9 Å². The van der Waals surface area contributed by atoms with Crippen molar-refractivity contribution in [2.45, 2.75) is 12.2 Å². The molecule has 2 rings (SSSR count). The van der Waals surface area contributed by atoms with Crippen LogP contribution in [0.2, 0.25) is 0 Å². The number of hydrogen-bond acceptors (Lipinski definition) is 5. The molecule has 0 aliphatic heterocycles. The van der Waals surface area contributed by atoms with Gasteiger partial charge in [0.25, 0.3) is 11.8 Å². The van der Waals surface area contributed by atoms with E-state index in [2.05, 4.69) is 27.9 Å². The van der Waals surface area contributed by atoms with Crippen LogP contribution in [0.1, 0.15) is 5.56 Å². The Labute approximate surface area is 180 Å². The molecule has 0 unspecified atom stereocenters. The third-order valence-electron chi connectivity index (χ3n) is 3.81. The highest BCUT2D eigenvalue weighted by molar-refractivity contribution is 14.1. The van der Waals surface area contributed by atoms with Gasteiger partial charge >= 0.3 is 0 Å². The minimum Gasteiger partial charge on any atom is -0.380 e. The molecule has 2 aromatic carbocycles. The summed E-state index contributed by atoms with van der Waals surface area (Å²) in [6.07, 6.45) is -3.95. The normalized spacial score (nSPS) is 12.5. The van der Waals surface area contributed by atoms with Crippen LogP contribution in [0.15, 0.2) is 48.5 Å². The van der Waals surface area contributed by atoms with Gasteiger partial charge in [0.2, 0.25) is 0 Å². The number of amides is 2. The van der Waals surface area contributed by atoms with Gasteiger partial charge in [-0.2, -0.15) is 5.26 Å². The molecule has 0 aliphatic rings. The summed E-state index contributed by atoms with van der Waals surface area (Å²) >= 11 is 7.88. The van der Waals surface area contributed by atoms with Gasteiger partial charge in [0, 0.05) is 27.4 Å². The van der Waals surface area contributed by atoms with Gasteiger partial charge in [-0.1, -0.05) is 0 Å². The fraction of sp³-hybridized carbons (Fsp3) is 0.211. The Balaban J connectivity index is 2.10. The van der Waals surface area contributed by atoms with E-state index in [0.717, 1.165) is 3.57 Å². The number of nitrogens with zero attached hydrogens (tertiary/aromatic N) is 2. The second kappa shape index (κ2) is 10.4. The van der Waals surface area contributed by atoms with Crippen LogP contribution >= 0.6 is 34.2 Å². The van der Waals surface area contributed by atoms with E-state index in [1.54, 1.807) is 24.3 Å². The summed E-state index contributed by atoms with van der Waals surface area (Å²) in [5.74, 6) is -1.68. The van der Waals surface area contributed by atoms with E-state index >= 15 is 0 Å². The molecule has 0 saturated heterocycles. The highest BCUT2D eigenvalue weighted by atomic mass is 127. The maximum Gasteiger partial charge on any atom is 0.259 e. The van der Waals surface area contributed by atoms with Gasteiger partial charge < -0.3 is 20.4 Å². The Morgan fingerprint density at radius 1 is 1.11 bits per heavy atom. The molecule has 28 heavy (non-hydrogen) atoms. The van der Waals surface area contributed by atoms with Gasteiger partial charge in [-0.3, -0.25) is 9.59 Å². The molecule has 7 nitrogen and oxygen atoms in total. The zero-order valence-electron chi connectivity index (χ0n) is 14.5. The number of nitriles is 1. The number of carbonyl (C=O) groups excluding carboxylic acids is 2. The first kappa shape index (κ1) is 22.1. The van der Waals surface area contributed by atoms with Crippen LogP contribution in [0.4, 0.5) is 11.4 Å². The fourth-order valence-electron chi connectivity index (χ4n) is 2.35. The lowest BCUT2D eigenvalue weighted by molar-refractivity contribution is -0.141. The van der Waals surface area contributed by atoms with Crippen LogP contribution in [-0.2, 0) is 9.59 Å². The molecule has 2 atom stereocenters. The fourth-order valence-corrected chi connectivity index (χ4v) is 2.88. The second-order valence-corrected chi connectivity index (χ2v) is 7.35. The van der Waals surface area contributed by atoms with E-state index in [1.807, 2.05) is 6.07 Å². The summed E-state index contributed by atoms with van der Waals surface area (Å²) < 4.78 is 0.960. The molecule has 0 spiro atoms. The first-order valence-electron chi connectivity index (χ1n) is 8.17. The van der Waals surface area contributed by atoms with Crippen LogP contribution in [0.25, 0.3) is 0 Å². The van der Waals surface area contributed by atoms with Crippen molar-refractivity contribution in [2.75, 3.05) is 22.6 Å². The second-order valence-electron chi connectivity index (χ2n) is 5.72. The largest absolute Gasteiger partial charge is 0.380 e. The van der Waals surface area contributed by atoms with E-state index in [1.165, 1.54) is 29.2 Å². The van der Waals surface area contributed by atoms with Gasteiger partial charge in [-0.05, 0) is 71.1 Å². The predicted octanol–water partition coefficient (Wildman–Crippen LogP) is 2.10. The minimum absolute atomic E-state index is 0.0992. The smallest absolute Gasteiger partial charge is 0.259 e. The van der Waals surface area contributed by atoms with Crippen LogP contribution in [0, 0.1) is 14.9 Å². The lowest BCUT2D eigenvalue weighted by Gasteiger charge is -2.26. The maximum absolute atomic E-state index is 12.6. The molecule has 0 radical (unpaired) electrons. The average molecular weight is 514 g/mol. The lowest BCUT2D eigenvalue weighted by Crippen LogP contribution is -2.50. The topological polar surface area (TPSA) is 114 Å². The Hall–Kier alpha value is -2.19. The first-order valence-corrected chi connectivity index (χ1v) is 9.78. The van der Waals surface area contributed by atoms with E-state index in [-0.39, 0.29) is 12.4 Å². The zero-order valence-corrected chi connectivity index (χ0v) is 17.5. The molecule has 9 heteroatoms. The minimum atomic E-state index is -1.98. The lowest BCUT2D eigenvalue weighted by atomic mass is 10.1. The van der Waals surface area contributed by atoms with Gasteiger partial charge in [0.1, 0.15) is 0 Å². The Bertz CT molecular complexity index is 868. The first-order chi connectivity index (χ1) is 13.4. The number of nitrogens with one attached hydrogen (secondary N) is 1. The summed E-state index contributed by atoms with van der Waals surface area (Å²) in [5.41, 5.74) is 1.21. The molecule has 0 aromatic heterocycles. The molecule has 0 bridgehead atoms. The molecule has 3 N–H and O–H groups in total. The number of hydrogen-bond donors (Lipinski definition) is 3. The Kier molecular flexibility index (Phi) is 8.19. The maximum atomic E-state index is 12.6. The number of aliphatic hydroxyl groups excluding tert-OH is 2. The highest BCUT2D eigenvalue weighted by Gasteiger charge is 2.34. The van der Waals surface area contributed by atoms with E-state index in [0.29, 0.717) is 16.9 Å². The summed E-state index contributed by atoms with van der Waals surface area (Å²) in [6.45, 7) is 0.0992. The predicted molar refractivity (Wildman–Crippen MR) is 114 cm³/mol. The average Bonchev–Trinajstić information content (AvgIpc) is 2.71. The third-order valence-corrected chi connectivity index (χ3v) is 4.70. The molecule has 0 heterocycles. The molecule has 2 amide bonds. The van der Waals surface area contributed by atoms with Crippen LogP contribution in [-0.4, -0.2) is 46.7 Å². The number of anilines is 2. The van der Waals surface area contributed by atoms with Crippen LogP contribution < -0.4 is 10.2 Å². The van der Waals surface area contributed by atoms with E-state index < -0.39 is 24.0 Å². The van der Waals surface area contributed by atoms with Gasteiger partial charge in [0.15, 0.2) is 12.2 Å². The Morgan fingerprint density at radius 2 is 1.71 bits per heavy atom.